The van der Waals surface area contributed by atoms with Gasteiger partial charge in [0.05, 0.1) is 11.7 Å². The number of benzene rings is 1. The smallest absolute Gasteiger partial charge is 0.241 e. The molecule has 1 rings (SSSR count). The SMILES string of the molecule is CCCC[C@H](N)C(=O)Nc1ccc(N(C)C(C)C)c(F)c1. The van der Waals surface area contributed by atoms with Crippen molar-refractivity contribution in [2.75, 3.05) is 17.3 Å². The molecule has 5 heteroatoms. The Morgan fingerprint density at radius 1 is 1.43 bits per heavy atom. The summed E-state index contributed by atoms with van der Waals surface area (Å²) in [4.78, 5) is 13.7. The number of hydrogen-bond acceptors (Lipinski definition) is 3. The number of amides is 1. The second-order valence-electron chi connectivity index (χ2n) is 5.61. The minimum absolute atomic E-state index is 0.197. The van der Waals surface area contributed by atoms with Gasteiger partial charge in [-0.15, -0.1) is 0 Å². The Morgan fingerprint density at radius 3 is 2.62 bits per heavy atom. The first-order valence-electron chi connectivity index (χ1n) is 7.45. The van der Waals surface area contributed by atoms with Crippen LogP contribution in [0.3, 0.4) is 0 Å². The average molecular weight is 295 g/mol. The predicted octanol–water partition coefficient (Wildman–Crippen LogP) is 3.13. The van der Waals surface area contributed by atoms with Crippen molar-refractivity contribution in [3.8, 4) is 0 Å². The first-order chi connectivity index (χ1) is 9.86. The molecule has 1 aromatic rings. The van der Waals surface area contributed by atoms with Crippen LogP contribution in [0.25, 0.3) is 0 Å². The zero-order chi connectivity index (χ0) is 16.0. The molecule has 21 heavy (non-hydrogen) atoms. The summed E-state index contributed by atoms with van der Waals surface area (Å²) in [6.45, 7) is 6.02. The highest BCUT2D eigenvalue weighted by atomic mass is 19.1. The van der Waals surface area contributed by atoms with Gasteiger partial charge >= 0.3 is 0 Å². The summed E-state index contributed by atoms with van der Waals surface area (Å²) in [6.07, 6.45) is 2.53. The molecule has 0 spiro atoms. The third kappa shape index (κ3) is 5.01. The zero-order valence-corrected chi connectivity index (χ0v) is 13.3. The van der Waals surface area contributed by atoms with Crippen LogP contribution in [0.5, 0.6) is 0 Å². The van der Waals surface area contributed by atoms with E-state index in [-0.39, 0.29) is 17.8 Å². The van der Waals surface area contributed by atoms with Crippen molar-refractivity contribution in [3.63, 3.8) is 0 Å². The van der Waals surface area contributed by atoms with Gasteiger partial charge in [0, 0.05) is 18.8 Å². The Hall–Kier alpha value is -1.62. The van der Waals surface area contributed by atoms with E-state index in [2.05, 4.69) is 5.32 Å². The summed E-state index contributed by atoms with van der Waals surface area (Å²) in [5, 5.41) is 2.66. The van der Waals surface area contributed by atoms with Crippen LogP contribution in [0.4, 0.5) is 15.8 Å². The largest absolute Gasteiger partial charge is 0.370 e. The quantitative estimate of drug-likeness (QED) is 0.812. The second-order valence-corrected chi connectivity index (χ2v) is 5.61. The molecule has 118 valence electrons. The fourth-order valence-corrected chi connectivity index (χ4v) is 1.94. The number of anilines is 2. The highest BCUT2D eigenvalue weighted by Gasteiger charge is 2.15. The average Bonchev–Trinajstić information content (AvgIpc) is 2.44. The van der Waals surface area contributed by atoms with E-state index >= 15 is 0 Å². The molecule has 0 saturated heterocycles. The first-order valence-corrected chi connectivity index (χ1v) is 7.45. The summed E-state index contributed by atoms with van der Waals surface area (Å²) in [6, 6.07) is 4.34. The number of hydrogen-bond donors (Lipinski definition) is 2. The van der Waals surface area contributed by atoms with E-state index in [1.54, 1.807) is 12.1 Å². The zero-order valence-electron chi connectivity index (χ0n) is 13.3. The summed E-state index contributed by atoms with van der Waals surface area (Å²) in [5.74, 6) is -0.626. The van der Waals surface area contributed by atoms with Crippen LogP contribution in [0.2, 0.25) is 0 Å². The standard InChI is InChI=1S/C16H26FN3O/c1-5-6-7-14(18)16(21)19-12-8-9-15(13(17)10-12)20(4)11(2)3/h8-11,14H,5-7,18H2,1-4H3,(H,19,21)/t14-/m0/s1. The molecule has 0 radical (unpaired) electrons. The minimum Gasteiger partial charge on any atom is -0.370 e. The van der Waals surface area contributed by atoms with Gasteiger partial charge in [0.25, 0.3) is 0 Å². The number of carbonyl (C=O) groups excluding carboxylic acids is 1. The molecular formula is C16H26FN3O. The van der Waals surface area contributed by atoms with Crippen molar-refractivity contribution in [1.29, 1.82) is 0 Å². The third-order valence-corrected chi connectivity index (χ3v) is 3.58. The van der Waals surface area contributed by atoms with Crippen molar-refractivity contribution >= 4 is 17.3 Å². The lowest BCUT2D eigenvalue weighted by Gasteiger charge is -2.24. The van der Waals surface area contributed by atoms with Gasteiger partial charge in [-0.25, -0.2) is 4.39 Å². The fraction of sp³-hybridized carbons (Fsp3) is 0.562. The minimum atomic E-state index is -0.550. The number of rotatable bonds is 7. The summed E-state index contributed by atoms with van der Waals surface area (Å²) < 4.78 is 14.1. The molecule has 0 aliphatic rings. The monoisotopic (exact) mass is 295 g/mol. The van der Waals surface area contributed by atoms with Crippen LogP contribution in [-0.2, 0) is 4.79 Å². The highest BCUT2D eigenvalue weighted by molar-refractivity contribution is 5.94. The highest BCUT2D eigenvalue weighted by Crippen LogP contribution is 2.23. The molecule has 0 aliphatic carbocycles. The lowest BCUT2D eigenvalue weighted by Crippen LogP contribution is -2.35. The van der Waals surface area contributed by atoms with Gasteiger partial charge in [-0.1, -0.05) is 19.8 Å². The molecule has 0 unspecified atom stereocenters. The molecule has 0 fully saturated rings. The van der Waals surface area contributed by atoms with Gasteiger partial charge in [-0.2, -0.15) is 0 Å². The molecule has 1 atom stereocenters. The number of carbonyl (C=O) groups is 1. The topological polar surface area (TPSA) is 58.4 Å². The molecular weight excluding hydrogens is 269 g/mol. The van der Waals surface area contributed by atoms with Gasteiger partial charge in [0.2, 0.25) is 5.91 Å². The van der Waals surface area contributed by atoms with Crippen molar-refractivity contribution < 1.29 is 9.18 Å². The predicted molar refractivity (Wildman–Crippen MR) is 86.1 cm³/mol. The maximum Gasteiger partial charge on any atom is 0.241 e. The molecule has 0 saturated carbocycles. The van der Waals surface area contributed by atoms with E-state index in [9.17, 15) is 9.18 Å². The van der Waals surface area contributed by atoms with E-state index in [1.807, 2.05) is 32.7 Å². The van der Waals surface area contributed by atoms with Crippen LogP contribution in [-0.4, -0.2) is 25.0 Å². The van der Waals surface area contributed by atoms with Crippen molar-refractivity contribution in [2.45, 2.75) is 52.1 Å². The number of nitrogens with zero attached hydrogens (tertiary/aromatic N) is 1. The summed E-state index contributed by atoms with van der Waals surface area (Å²) in [5.41, 5.74) is 6.74. The van der Waals surface area contributed by atoms with Crippen molar-refractivity contribution in [2.24, 2.45) is 5.73 Å². The molecule has 1 amide bonds. The first kappa shape index (κ1) is 17.4. The Balaban J connectivity index is 2.74. The van der Waals surface area contributed by atoms with E-state index in [1.165, 1.54) is 6.07 Å². The summed E-state index contributed by atoms with van der Waals surface area (Å²) in [7, 11) is 1.84. The molecule has 0 aliphatic heterocycles. The van der Waals surface area contributed by atoms with Crippen LogP contribution in [0, 0.1) is 5.82 Å². The Labute approximate surface area is 126 Å². The van der Waals surface area contributed by atoms with E-state index < -0.39 is 6.04 Å². The van der Waals surface area contributed by atoms with Gasteiger partial charge in [0.15, 0.2) is 0 Å². The molecule has 0 aromatic heterocycles. The molecule has 0 bridgehead atoms. The number of nitrogens with one attached hydrogen (secondary N) is 1. The Kier molecular flexibility index (Phi) is 6.62. The van der Waals surface area contributed by atoms with Gasteiger partial charge < -0.3 is 16.0 Å². The van der Waals surface area contributed by atoms with Crippen LogP contribution in [0.15, 0.2) is 18.2 Å². The van der Waals surface area contributed by atoms with E-state index in [0.717, 1.165) is 12.8 Å². The van der Waals surface area contributed by atoms with Crippen LogP contribution >= 0.6 is 0 Å². The Bertz CT molecular complexity index is 477. The fourth-order valence-electron chi connectivity index (χ4n) is 1.94. The van der Waals surface area contributed by atoms with Crippen LogP contribution < -0.4 is 16.0 Å². The van der Waals surface area contributed by atoms with Crippen LogP contribution in [0.1, 0.15) is 40.0 Å². The van der Waals surface area contributed by atoms with Gasteiger partial charge in [0.1, 0.15) is 5.82 Å². The molecule has 4 nitrogen and oxygen atoms in total. The normalized spacial score (nSPS) is 12.3. The van der Waals surface area contributed by atoms with E-state index in [4.69, 9.17) is 5.73 Å². The van der Waals surface area contributed by atoms with E-state index in [0.29, 0.717) is 17.8 Å². The number of unbranched alkanes of at least 4 members (excludes halogenated alkanes) is 1. The molecule has 3 N–H and O–H groups in total. The number of nitrogens with two attached hydrogens (primary N) is 1. The van der Waals surface area contributed by atoms with Crippen molar-refractivity contribution in [3.05, 3.63) is 24.0 Å². The van der Waals surface area contributed by atoms with Gasteiger partial charge in [-0.3, -0.25) is 4.79 Å². The maximum absolute atomic E-state index is 14.1. The van der Waals surface area contributed by atoms with Crippen molar-refractivity contribution in [1.82, 2.24) is 0 Å². The lowest BCUT2D eigenvalue weighted by molar-refractivity contribution is -0.117. The third-order valence-electron chi connectivity index (χ3n) is 3.58. The molecule has 1 aromatic carbocycles. The van der Waals surface area contributed by atoms with Gasteiger partial charge in [-0.05, 0) is 38.5 Å². The maximum atomic E-state index is 14.1. The second kappa shape index (κ2) is 7.98. The number of halogens is 1. The summed E-state index contributed by atoms with van der Waals surface area (Å²) >= 11 is 0. The molecule has 0 heterocycles. The Morgan fingerprint density at radius 2 is 2.10 bits per heavy atom. The lowest BCUT2D eigenvalue weighted by atomic mass is 10.1.